The molecule has 0 aliphatic carbocycles. The second-order valence-corrected chi connectivity index (χ2v) is 6.68. The third-order valence-corrected chi connectivity index (χ3v) is 3.56. The number of aromatic nitrogens is 4. The fourth-order valence-electron chi connectivity index (χ4n) is 2.27. The van der Waals surface area contributed by atoms with Crippen LogP contribution in [0.25, 0.3) is 22.5 Å². The number of hydrogen-bond donors (Lipinski definition) is 1. The van der Waals surface area contributed by atoms with Crippen molar-refractivity contribution < 1.29 is 4.52 Å². The summed E-state index contributed by atoms with van der Waals surface area (Å²) in [7, 11) is 0. The lowest BCUT2D eigenvalue weighted by molar-refractivity contribution is 0.431. The zero-order chi connectivity index (χ0) is 15.2. The highest BCUT2D eigenvalue weighted by atomic mass is 79.9. The Morgan fingerprint density at radius 1 is 1.19 bits per heavy atom. The van der Waals surface area contributed by atoms with Crippen LogP contribution in [0.1, 0.15) is 26.3 Å². The van der Waals surface area contributed by atoms with E-state index in [0.717, 1.165) is 15.6 Å². The molecule has 0 saturated heterocycles. The van der Waals surface area contributed by atoms with Crippen LogP contribution >= 0.6 is 15.9 Å². The second-order valence-electron chi connectivity index (χ2n) is 5.77. The molecular weight excluding hydrogens is 334 g/mol. The molecule has 0 atom stereocenters. The number of rotatable bonds is 1. The standard InChI is InChI=1S/C14H14BrN5O/c1-14(2,3)9-12(21-20-13(9)16)11-10-8(18-6-19-11)4-7(15)5-17-10/h4-6H,1-3H3,(H2,16,20). The van der Waals surface area contributed by atoms with E-state index in [2.05, 4.69) is 36.0 Å². The summed E-state index contributed by atoms with van der Waals surface area (Å²) in [5.74, 6) is 0.920. The van der Waals surface area contributed by atoms with Gasteiger partial charge in [0.05, 0.1) is 11.1 Å². The first-order valence-electron chi connectivity index (χ1n) is 6.40. The van der Waals surface area contributed by atoms with E-state index in [1.807, 2.05) is 26.8 Å². The van der Waals surface area contributed by atoms with Crippen molar-refractivity contribution in [3.63, 3.8) is 0 Å². The normalized spacial score (nSPS) is 12.0. The van der Waals surface area contributed by atoms with Crippen LogP contribution in [-0.2, 0) is 5.41 Å². The number of halogens is 1. The zero-order valence-corrected chi connectivity index (χ0v) is 13.5. The SMILES string of the molecule is CC(C)(C)c1c(N)noc1-c1ncnc2cc(Br)cnc12. The topological polar surface area (TPSA) is 90.7 Å². The molecule has 0 aliphatic rings. The van der Waals surface area contributed by atoms with Crippen LogP contribution in [0.15, 0.2) is 27.6 Å². The van der Waals surface area contributed by atoms with Crippen LogP contribution in [0.5, 0.6) is 0 Å². The van der Waals surface area contributed by atoms with Crippen LogP contribution in [0, 0.1) is 0 Å². The number of nitrogens with two attached hydrogens (primary N) is 1. The smallest absolute Gasteiger partial charge is 0.193 e. The van der Waals surface area contributed by atoms with Crippen LogP contribution in [0.3, 0.4) is 0 Å². The summed E-state index contributed by atoms with van der Waals surface area (Å²) < 4.78 is 6.28. The molecule has 2 N–H and O–H groups in total. The molecule has 3 rings (SSSR count). The Morgan fingerprint density at radius 3 is 2.67 bits per heavy atom. The molecule has 3 aromatic heterocycles. The lowest BCUT2D eigenvalue weighted by Crippen LogP contribution is -2.14. The van der Waals surface area contributed by atoms with E-state index in [1.165, 1.54) is 6.33 Å². The molecule has 0 saturated carbocycles. The molecule has 21 heavy (non-hydrogen) atoms. The maximum Gasteiger partial charge on any atom is 0.193 e. The number of nitrogen functional groups attached to an aromatic ring is 1. The second kappa shape index (κ2) is 4.77. The van der Waals surface area contributed by atoms with Crippen LogP contribution in [-0.4, -0.2) is 20.1 Å². The quantitative estimate of drug-likeness (QED) is 0.725. The van der Waals surface area contributed by atoms with Crippen molar-refractivity contribution in [2.24, 2.45) is 0 Å². The minimum absolute atomic E-state index is 0.216. The van der Waals surface area contributed by atoms with Crippen molar-refractivity contribution in [2.45, 2.75) is 26.2 Å². The lowest BCUT2D eigenvalue weighted by Gasteiger charge is -2.18. The third-order valence-electron chi connectivity index (χ3n) is 3.13. The van der Waals surface area contributed by atoms with Crippen molar-refractivity contribution in [3.8, 4) is 11.5 Å². The summed E-state index contributed by atoms with van der Waals surface area (Å²) >= 11 is 3.38. The first-order valence-corrected chi connectivity index (χ1v) is 7.19. The maximum absolute atomic E-state index is 5.96. The van der Waals surface area contributed by atoms with Crippen molar-refractivity contribution in [2.75, 3.05) is 5.73 Å². The van der Waals surface area contributed by atoms with Gasteiger partial charge in [-0.25, -0.2) is 9.97 Å². The minimum Gasteiger partial charge on any atom is -0.381 e. The first kappa shape index (κ1) is 13.9. The zero-order valence-electron chi connectivity index (χ0n) is 11.9. The van der Waals surface area contributed by atoms with Gasteiger partial charge in [-0.2, -0.15) is 0 Å². The highest BCUT2D eigenvalue weighted by molar-refractivity contribution is 9.10. The Kier molecular flexibility index (Phi) is 3.16. The number of anilines is 1. The van der Waals surface area contributed by atoms with E-state index in [0.29, 0.717) is 22.8 Å². The summed E-state index contributed by atoms with van der Waals surface area (Å²) in [5.41, 5.74) is 8.55. The van der Waals surface area contributed by atoms with Gasteiger partial charge < -0.3 is 10.3 Å². The van der Waals surface area contributed by atoms with E-state index in [4.69, 9.17) is 10.3 Å². The van der Waals surface area contributed by atoms with Gasteiger partial charge in [0.2, 0.25) is 0 Å². The van der Waals surface area contributed by atoms with Gasteiger partial charge in [-0.1, -0.05) is 25.9 Å². The van der Waals surface area contributed by atoms with E-state index in [9.17, 15) is 0 Å². The maximum atomic E-state index is 5.96. The Bertz CT molecular complexity index is 822. The Hall–Kier alpha value is -2.02. The third kappa shape index (κ3) is 2.37. The van der Waals surface area contributed by atoms with Crippen molar-refractivity contribution in [1.82, 2.24) is 20.1 Å². The molecule has 0 unspecified atom stereocenters. The number of pyridine rings is 1. The van der Waals surface area contributed by atoms with Gasteiger partial charge >= 0.3 is 0 Å². The Labute approximate surface area is 129 Å². The Balaban J connectivity index is 2.32. The van der Waals surface area contributed by atoms with E-state index >= 15 is 0 Å². The van der Waals surface area contributed by atoms with Gasteiger partial charge in [-0.3, -0.25) is 4.98 Å². The van der Waals surface area contributed by atoms with Crippen LogP contribution in [0.2, 0.25) is 0 Å². The van der Waals surface area contributed by atoms with Gasteiger partial charge in [0.25, 0.3) is 0 Å². The number of hydrogen-bond acceptors (Lipinski definition) is 6. The molecule has 0 aromatic carbocycles. The van der Waals surface area contributed by atoms with Crippen molar-refractivity contribution in [1.29, 1.82) is 0 Å². The molecule has 0 bridgehead atoms. The number of nitrogens with zero attached hydrogens (tertiary/aromatic N) is 4. The van der Waals surface area contributed by atoms with Crippen molar-refractivity contribution >= 4 is 32.8 Å². The molecular formula is C14H14BrN5O. The lowest BCUT2D eigenvalue weighted by atomic mass is 9.86. The summed E-state index contributed by atoms with van der Waals surface area (Å²) in [6.07, 6.45) is 3.18. The van der Waals surface area contributed by atoms with Gasteiger partial charge in [0, 0.05) is 10.7 Å². The molecule has 3 heterocycles. The molecule has 7 heteroatoms. The van der Waals surface area contributed by atoms with Gasteiger partial charge in [0.1, 0.15) is 17.5 Å². The number of fused-ring (bicyclic) bond motifs is 1. The molecule has 0 aliphatic heterocycles. The van der Waals surface area contributed by atoms with Gasteiger partial charge in [0.15, 0.2) is 11.6 Å². The predicted octanol–water partition coefficient (Wildman–Crippen LogP) is 3.32. The van der Waals surface area contributed by atoms with Crippen LogP contribution in [0.4, 0.5) is 5.82 Å². The average molecular weight is 348 g/mol. The summed E-state index contributed by atoms with van der Waals surface area (Å²) in [5, 5.41) is 3.89. The molecule has 0 fully saturated rings. The summed E-state index contributed by atoms with van der Waals surface area (Å²) in [6, 6.07) is 1.88. The highest BCUT2D eigenvalue weighted by Gasteiger charge is 2.29. The average Bonchev–Trinajstić information content (AvgIpc) is 2.79. The van der Waals surface area contributed by atoms with Gasteiger partial charge in [-0.05, 0) is 27.4 Å². The molecule has 108 valence electrons. The minimum atomic E-state index is -0.216. The molecule has 0 spiro atoms. The first-order chi connectivity index (χ1) is 9.88. The van der Waals surface area contributed by atoms with Crippen LogP contribution < -0.4 is 5.73 Å². The monoisotopic (exact) mass is 347 g/mol. The van der Waals surface area contributed by atoms with Gasteiger partial charge in [-0.15, -0.1) is 0 Å². The Morgan fingerprint density at radius 2 is 1.95 bits per heavy atom. The predicted molar refractivity (Wildman–Crippen MR) is 83.6 cm³/mol. The molecule has 3 aromatic rings. The fraction of sp³-hybridized carbons (Fsp3) is 0.286. The summed E-state index contributed by atoms with van der Waals surface area (Å²) in [4.78, 5) is 12.9. The molecule has 6 nitrogen and oxygen atoms in total. The summed E-state index contributed by atoms with van der Waals surface area (Å²) in [6.45, 7) is 6.15. The van der Waals surface area contributed by atoms with E-state index in [-0.39, 0.29) is 5.41 Å². The highest BCUT2D eigenvalue weighted by Crippen LogP contribution is 2.38. The fourth-order valence-corrected chi connectivity index (χ4v) is 2.59. The van der Waals surface area contributed by atoms with Crippen molar-refractivity contribution in [3.05, 3.63) is 28.6 Å². The van der Waals surface area contributed by atoms with E-state index < -0.39 is 0 Å². The molecule has 0 amide bonds. The molecule has 0 radical (unpaired) electrons. The van der Waals surface area contributed by atoms with E-state index in [1.54, 1.807) is 6.20 Å². The largest absolute Gasteiger partial charge is 0.381 e.